The number of aliphatic hydroxyl groups is 1. The predicted octanol–water partition coefficient (Wildman–Crippen LogP) is 2.92. The van der Waals surface area contributed by atoms with E-state index in [1.54, 1.807) is 7.05 Å². The van der Waals surface area contributed by atoms with Crippen molar-refractivity contribution in [3.63, 3.8) is 0 Å². The number of likely N-dealkylation sites (N-methyl/N-ethyl adjacent to an activating group) is 1. The van der Waals surface area contributed by atoms with Gasteiger partial charge in [-0.15, -0.1) is 0 Å². The normalized spacial score (nSPS) is 12.0. The zero-order valence-corrected chi connectivity index (χ0v) is 13.1. The third kappa shape index (κ3) is 4.23. The van der Waals surface area contributed by atoms with E-state index in [1.807, 2.05) is 55.5 Å². The Kier molecular flexibility index (Phi) is 6.25. The van der Waals surface area contributed by atoms with E-state index in [9.17, 15) is 5.11 Å². The van der Waals surface area contributed by atoms with E-state index in [0.29, 0.717) is 31.3 Å². The first-order chi connectivity index (χ1) is 10.8. The molecule has 2 aromatic carbocycles. The average molecular weight is 301 g/mol. The van der Waals surface area contributed by atoms with Crippen LogP contribution in [0.15, 0.2) is 48.5 Å². The molecule has 1 unspecified atom stereocenters. The molecule has 0 bridgehead atoms. The van der Waals surface area contributed by atoms with Crippen LogP contribution in [0.3, 0.4) is 0 Å². The first kappa shape index (κ1) is 16.3. The molecule has 0 saturated heterocycles. The van der Waals surface area contributed by atoms with Gasteiger partial charge in [-0.05, 0) is 25.6 Å². The molecule has 0 amide bonds. The Hall–Kier alpha value is -2.04. The standard InChI is InChI=1S/C18H23NO3/c1-3-21-17-11-7-10-15(16(20)12-19-2)18(17)22-13-14-8-5-4-6-9-14/h4-11,16,19-20H,3,12-13H2,1-2H3. The maximum Gasteiger partial charge on any atom is 0.167 e. The lowest BCUT2D eigenvalue weighted by Gasteiger charge is -2.19. The number of para-hydroxylation sites is 1. The van der Waals surface area contributed by atoms with Gasteiger partial charge >= 0.3 is 0 Å². The number of nitrogens with one attached hydrogen (secondary N) is 1. The van der Waals surface area contributed by atoms with Crippen molar-refractivity contribution < 1.29 is 14.6 Å². The lowest BCUT2D eigenvalue weighted by molar-refractivity contribution is 0.168. The van der Waals surface area contributed by atoms with Crippen LogP contribution < -0.4 is 14.8 Å². The van der Waals surface area contributed by atoms with Crippen LogP contribution in [0, 0.1) is 0 Å². The summed E-state index contributed by atoms with van der Waals surface area (Å²) in [6.45, 7) is 3.37. The third-order valence-corrected chi connectivity index (χ3v) is 3.29. The second kappa shape index (κ2) is 8.41. The number of hydrogen-bond donors (Lipinski definition) is 2. The minimum absolute atomic E-state index is 0.435. The van der Waals surface area contributed by atoms with E-state index in [4.69, 9.17) is 9.47 Å². The predicted molar refractivity (Wildman–Crippen MR) is 87.3 cm³/mol. The summed E-state index contributed by atoms with van der Waals surface area (Å²) in [6, 6.07) is 15.5. The monoisotopic (exact) mass is 301 g/mol. The van der Waals surface area contributed by atoms with Crippen LogP contribution in [0.5, 0.6) is 11.5 Å². The summed E-state index contributed by atoms with van der Waals surface area (Å²) in [6.07, 6.45) is -0.642. The van der Waals surface area contributed by atoms with Gasteiger partial charge in [-0.3, -0.25) is 0 Å². The summed E-state index contributed by atoms with van der Waals surface area (Å²) in [5.41, 5.74) is 1.80. The number of rotatable bonds is 8. The Morgan fingerprint density at radius 2 is 1.82 bits per heavy atom. The first-order valence-corrected chi connectivity index (χ1v) is 7.51. The van der Waals surface area contributed by atoms with Crippen molar-refractivity contribution in [3.05, 3.63) is 59.7 Å². The first-order valence-electron chi connectivity index (χ1n) is 7.51. The second-order valence-electron chi connectivity index (χ2n) is 4.96. The molecule has 2 aromatic rings. The molecule has 0 fully saturated rings. The molecule has 22 heavy (non-hydrogen) atoms. The molecule has 0 aliphatic heterocycles. The van der Waals surface area contributed by atoms with Crippen LogP contribution in [-0.4, -0.2) is 25.3 Å². The molecule has 2 rings (SSSR count). The summed E-state index contributed by atoms with van der Waals surface area (Å²) in [7, 11) is 1.81. The number of benzene rings is 2. The highest BCUT2D eigenvalue weighted by atomic mass is 16.5. The topological polar surface area (TPSA) is 50.7 Å². The molecule has 0 spiro atoms. The van der Waals surface area contributed by atoms with E-state index in [2.05, 4.69) is 5.32 Å². The van der Waals surface area contributed by atoms with Gasteiger partial charge < -0.3 is 19.9 Å². The number of ether oxygens (including phenoxy) is 2. The van der Waals surface area contributed by atoms with E-state index in [-0.39, 0.29) is 0 Å². The zero-order valence-electron chi connectivity index (χ0n) is 13.1. The maximum atomic E-state index is 10.3. The van der Waals surface area contributed by atoms with Gasteiger partial charge in [0.1, 0.15) is 6.61 Å². The largest absolute Gasteiger partial charge is 0.490 e. The molecule has 4 heteroatoms. The van der Waals surface area contributed by atoms with Crippen molar-refractivity contribution in [2.75, 3.05) is 20.2 Å². The molecule has 2 N–H and O–H groups in total. The van der Waals surface area contributed by atoms with Crippen LogP contribution in [-0.2, 0) is 6.61 Å². The van der Waals surface area contributed by atoms with Crippen LogP contribution in [0.2, 0.25) is 0 Å². The molecular formula is C18H23NO3. The van der Waals surface area contributed by atoms with Gasteiger partial charge in [-0.1, -0.05) is 42.5 Å². The highest BCUT2D eigenvalue weighted by Crippen LogP contribution is 2.35. The number of hydrogen-bond acceptors (Lipinski definition) is 4. The van der Waals surface area contributed by atoms with Crippen molar-refractivity contribution >= 4 is 0 Å². The fourth-order valence-corrected chi connectivity index (χ4v) is 2.25. The van der Waals surface area contributed by atoms with E-state index in [0.717, 1.165) is 11.1 Å². The highest BCUT2D eigenvalue weighted by molar-refractivity contribution is 5.48. The molecule has 0 heterocycles. The van der Waals surface area contributed by atoms with E-state index < -0.39 is 6.10 Å². The fourth-order valence-electron chi connectivity index (χ4n) is 2.25. The Labute approximate surface area is 131 Å². The van der Waals surface area contributed by atoms with Gasteiger partial charge in [0, 0.05) is 12.1 Å². The molecule has 0 aliphatic rings. The second-order valence-corrected chi connectivity index (χ2v) is 4.96. The molecular weight excluding hydrogens is 278 g/mol. The van der Waals surface area contributed by atoms with Gasteiger partial charge in [0.05, 0.1) is 12.7 Å². The smallest absolute Gasteiger partial charge is 0.167 e. The van der Waals surface area contributed by atoms with Crippen molar-refractivity contribution in [1.82, 2.24) is 5.32 Å². The van der Waals surface area contributed by atoms with Crippen molar-refractivity contribution in [1.29, 1.82) is 0 Å². The average Bonchev–Trinajstić information content (AvgIpc) is 2.55. The summed E-state index contributed by atoms with van der Waals surface area (Å²) in [4.78, 5) is 0. The Balaban J connectivity index is 2.24. The lowest BCUT2D eigenvalue weighted by atomic mass is 10.1. The molecule has 4 nitrogen and oxygen atoms in total. The highest BCUT2D eigenvalue weighted by Gasteiger charge is 2.17. The molecule has 0 radical (unpaired) electrons. The lowest BCUT2D eigenvalue weighted by Crippen LogP contribution is -2.17. The Morgan fingerprint density at radius 3 is 2.50 bits per heavy atom. The Bertz CT molecular complexity index is 572. The minimum Gasteiger partial charge on any atom is -0.490 e. The van der Waals surface area contributed by atoms with Gasteiger partial charge in [-0.25, -0.2) is 0 Å². The van der Waals surface area contributed by atoms with Crippen molar-refractivity contribution in [2.45, 2.75) is 19.6 Å². The van der Waals surface area contributed by atoms with Crippen molar-refractivity contribution in [2.24, 2.45) is 0 Å². The summed E-state index contributed by atoms with van der Waals surface area (Å²) < 4.78 is 11.6. The Morgan fingerprint density at radius 1 is 1.05 bits per heavy atom. The quantitative estimate of drug-likeness (QED) is 0.787. The van der Waals surface area contributed by atoms with Gasteiger partial charge in [0.15, 0.2) is 11.5 Å². The summed E-state index contributed by atoms with van der Waals surface area (Å²) in [5.74, 6) is 1.27. The van der Waals surface area contributed by atoms with Crippen LogP contribution in [0.1, 0.15) is 24.2 Å². The zero-order chi connectivity index (χ0) is 15.8. The maximum absolute atomic E-state index is 10.3. The fraction of sp³-hybridized carbons (Fsp3) is 0.333. The summed E-state index contributed by atoms with van der Waals surface area (Å²) in [5, 5.41) is 13.3. The molecule has 1 atom stereocenters. The molecule has 0 aliphatic carbocycles. The minimum atomic E-state index is -0.642. The van der Waals surface area contributed by atoms with Crippen LogP contribution in [0.25, 0.3) is 0 Å². The van der Waals surface area contributed by atoms with Crippen LogP contribution >= 0.6 is 0 Å². The molecule has 0 saturated carbocycles. The SMILES string of the molecule is CCOc1cccc(C(O)CNC)c1OCc1ccccc1. The van der Waals surface area contributed by atoms with E-state index in [1.165, 1.54) is 0 Å². The molecule has 118 valence electrons. The molecule has 0 aromatic heterocycles. The van der Waals surface area contributed by atoms with Gasteiger partial charge in [-0.2, -0.15) is 0 Å². The number of aliphatic hydroxyl groups excluding tert-OH is 1. The van der Waals surface area contributed by atoms with E-state index >= 15 is 0 Å². The summed E-state index contributed by atoms with van der Waals surface area (Å²) >= 11 is 0. The van der Waals surface area contributed by atoms with Crippen molar-refractivity contribution in [3.8, 4) is 11.5 Å². The van der Waals surface area contributed by atoms with Gasteiger partial charge in [0.2, 0.25) is 0 Å². The third-order valence-electron chi connectivity index (χ3n) is 3.29. The van der Waals surface area contributed by atoms with Gasteiger partial charge in [0.25, 0.3) is 0 Å². The van der Waals surface area contributed by atoms with Crippen LogP contribution in [0.4, 0.5) is 0 Å².